The minimum Gasteiger partial charge on any atom is -0.356 e. The highest BCUT2D eigenvalue weighted by Gasteiger charge is 2.29. The Morgan fingerprint density at radius 2 is 1.68 bits per heavy atom. The molecule has 0 heterocycles. The molecule has 0 bridgehead atoms. The number of alkyl halides is 3. The Hall–Kier alpha value is -2.08. The summed E-state index contributed by atoms with van der Waals surface area (Å²) in [5.74, 6) is 0. The highest BCUT2D eigenvalue weighted by molar-refractivity contribution is 7.80. The number of hydrogen-bond donors (Lipinski definition) is 2. The molecule has 1 atom stereocenters. The first-order valence-electron chi connectivity index (χ1n) is 8.02. The molecule has 2 nitrogen and oxygen atoms in total. The molecule has 6 heteroatoms. The van der Waals surface area contributed by atoms with E-state index in [0.717, 1.165) is 24.1 Å². The molecule has 2 aromatic carbocycles. The summed E-state index contributed by atoms with van der Waals surface area (Å²) in [6.45, 7) is 6.17. The molecule has 134 valence electrons. The maximum Gasteiger partial charge on any atom is 0.416 e. The van der Waals surface area contributed by atoms with E-state index in [1.165, 1.54) is 23.3 Å². The van der Waals surface area contributed by atoms with E-state index in [0.29, 0.717) is 10.8 Å². The minimum atomic E-state index is -4.34. The molecule has 0 spiro atoms. The molecule has 0 fully saturated rings. The molecule has 2 N–H and O–H groups in total. The summed E-state index contributed by atoms with van der Waals surface area (Å²) in [5, 5.41) is 6.53. The van der Waals surface area contributed by atoms with E-state index >= 15 is 0 Å². The Balaban J connectivity index is 2.03. The van der Waals surface area contributed by atoms with Gasteiger partial charge in [0, 0.05) is 5.69 Å². The van der Waals surface area contributed by atoms with Crippen molar-refractivity contribution in [1.29, 1.82) is 0 Å². The highest BCUT2D eigenvalue weighted by Crippen LogP contribution is 2.29. The van der Waals surface area contributed by atoms with Gasteiger partial charge in [-0.1, -0.05) is 25.1 Å². The SMILES string of the molecule is CCC(NC(=S)Nc1ccc(C(F)(F)F)cc1)c1ccc(C)c(C)c1. The summed E-state index contributed by atoms with van der Waals surface area (Å²) in [5.41, 5.74) is 3.39. The Labute approximate surface area is 151 Å². The molecule has 1 unspecified atom stereocenters. The Kier molecular flexibility index (Phi) is 6.06. The van der Waals surface area contributed by atoms with Crippen molar-refractivity contribution in [2.45, 2.75) is 39.4 Å². The maximum absolute atomic E-state index is 12.6. The fraction of sp³-hybridized carbons (Fsp3) is 0.316. The second-order valence-electron chi connectivity index (χ2n) is 5.98. The average molecular weight is 366 g/mol. The predicted octanol–water partition coefficient (Wildman–Crippen LogP) is 5.76. The van der Waals surface area contributed by atoms with Gasteiger partial charge >= 0.3 is 6.18 Å². The van der Waals surface area contributed by atoms with Crippen LogP contribution in [0.3, 0.4) is 0 Å². The third kappa shape index (κ3) is 5.19. The molecule has 2 rings (SSSR count). The van der Waals surface area contributed by atoms with Gasteiger partial charge in [-0.2, -0.15) is 13.2 Å². The van der Waals surface area contributed by atoms with Gasteiger partial charge in [-0.3, -0.25) is 0 Å². The number of aryl methyl sites for hydroxylation is 2. The zero-order valence-corrected chi connectivity index (χ0v) is 15.2. The monoisotopic (exact) mass is 366 g/mol. The van der Waals surface area contributed by atoms with Gasteiger partial charge in [-0.05, 0) is 73.4 Å². The third-order valence-electron chi connectivity index (χ3n) is 4.12. The summed E-state index contributed by atoms with van der Waals surface area (Å²) in [4.78, 5) is 0. The summed E-state index contributed by atoms with van der Waals surface area (Å²) < 4.78 is 37.8. The van der Waals surface area contributed by atoms with E-state index < -0.39 is 11.7 Å². The zero-order chi connectivity index (χ0) is 18.6. The van der Waals surface area contributed by atoms with Crippen LogP contribution in [0.1, 0.15) is 41.6 Å². The molecular weight excluding hydrogens is 345 g/mol. The van der Waals surface area contributed by atoms with Crippen LogP contribution >= 0.6 is 12.2 Å². The molecule has 0 amide bonds. The summed E-state index contributed by atoms with van der Waals surface area (Å²) in [7, 11) is 0. The van der Waals surface area contributed by atoms with Crippen molar-refractivity contribution in [1.82, 2.24) is 5.32 Å². The topological polar surface area (TPSA) is 24.1 Å². The second kappa shape index (κ2) is 7.87. The average Bonchev–Trinajstić information content (AvgIpc) is 2.55. The van der Waals surface area contributed by atoms with E-state index in [2.05, 4.69) is 42.7 Å². The van der Waals surface area contributed by atoms with E-state index in [9.17, 15) is 13.2 Å². The van der Waals surface area contributed by atoms with Crippen molar-refractivity contribution < 1.29 is 13.2 Å². The number of hydrogen-bond acceptors (Lipinski definition) is 1. The first-order chi connectivity index (χ1) is 11.7. The largest absolute Gasteiger partial charge is 0.416 e. The van der Waals surface area contributed by atoms with Crippen LogP contribution in [0.25, 0.3) is 0 Å². The molecule has 0 saturated heterocycles. The Morgan fingerprint density at radius 1 is 1.04 bits per heavy atom. The van der Waals surface area contributed by atoms with Crippen molar-refractivity contribution in [2.75, 3.05) is 5.32 Å². The molecule has 2 aromatic rings. The van der Waals surface area contributed by atoms with E-state index in [4.69, 9.17) is 12.2 Å². The quantitative estimate of drug-likeness (QED) is 0.673. The summed E-state index contributed by atoms with van der Waals surface area (Å²) >= 11 is 5.30. The highest BCUT2D eigenvalue weighted by atomic mass is 32.1. The van der Waals surface area contributed by atoms with Gasteiger partial charge in [0.15, 0.2) is 5.11 Å². The van der Waals surface area contributed by atoms with Gasteiger partial charge in [0.25, 0.3) is 0 Å². The van der Waals surface area contributed by atoms with Crippen LogP contribution in [0.4, 0.5) is 18.9 Å². The summed E-state index contributed by atoms with van der Waals surface area (Å²) in [6, 6.07) is 11.1. The predicted molar refractivity (Wildman–Crippen MR) is 99.7 cm³/mol. The van der Waals surface area contributed by atoms with E-state index in [1.807, 2.05) is 6.92 Å². The fourth-order valence-electron chi connectivity index (χ4n) is 2.47. The Bertz CT molecular complexity index is 739. The molecular formula is C19H21F3N2S. The van der Waals surface area contributed by atoms with Crippen molar-refractivity contribution >= 4 is 23.0 Å². The minimum absolute atomic E-state index is 0.0359. The number of nitrogens with one attached hydrogen (secondary N) is 2. The Morgan fingerprint density at radius 3 is 2.20 bits per heavy atom. The van der Waals surface area contributed by atoms with Crippen molar-refractivity contribution in [3.05, 3.63) is 64.7 Å². The number of halogens is 3. The molecule has 0 aliphatic rings. The number of benzene rings is 2. The molecule has 0 saturated carbocycles. The van der Waals surface area contributed by atoms with Gasteiger partial charge in [-0.25, -0.2) is 0 Å². The first-order valence-corrected chi connectivity index (χ1v) is 8.43. The van der Waals surface area contributed by atoms with Crippen LogP contribution in [-0.4, -0.2) is 5.11 Å². The van der Waals surface area contributed by atoms with Crippen LogP contribution < -0.4 is 10.6 Å². The smallest absolute Gasteiger partial charge is 0.356 e. The second-order valence-corrected chi connectivity index (χ2v) is 6.39. The number of anilines is 1. The van der Waals surface area contributed by atoms with Gasteiger partial charge in [-0.15, -0.1) is 0 Å². The molecule has 0 radical (unpaired) electrons. The van der Waals surface area contributed by atoms with Crippen LogP contribution in [-0.2, 0) is 6.18 Å². The van der Waals surface area contributed by atoms with Crippen molar-refractivity contribution in [3.63, 3.8) is 0 Å². The lowest BCUT2D eigenvalue weighted by Gasteiger charge is -2.21. The molecule has 25 heavy (non-hydrogen) atoms. The molecule has 0 aliphatic heterocycles. The molecule has 0 aliphatic carbocycles. The lowest BCUT2D eigenvalue weighted by Crippen LogP contribution is -2.32. The van der Waals surface area contributed by atoms with Crippen LogP contribution in [0.15, 0.2) is 42.5 Å². The first kappa shape index (κ1) is 19.2. The van der Waals surface area contributed by atoms with Gasteiger partial charge in [0.05, 0.1) is 11.6 Å². The summed E-state index contributed by atoms with van der Waals surface area (Å²) in [6.07, 6.45) is -3.51. The maximum atomic E-state index is 12.6. The van der Waals surface area contributed by atoms with Crippen LogP contribution in [0.5, 0.6) is 0 Å². The number of thiocarbonyl (C=S) groups is 1. The van der Waals surface area contributed by atoms with Gasteiger partial charge in [0.1, 0.15) is 0 Å². The zero-order valence-electron chi connectivity index (χ0n) is 14.4. The van der Waals surface area contributed by atoms with Crippen molar-refractivity contribution in [3.8, 4) is 0 Å². The third-order valence-corrected chi connectivity index (χ3v) is 4.34. The molecule has 0 aromatic heterocycles. The lowest BCUT2D eigenvalue weighted by atomic mass is 9.99. The van der Waals surface area contributed by atoms with Crippen molar-refractivity contribution in [2.24, 2.45) is 0 Å². The standard InChI is InChI=1S/C19H21F3N2S/c1-4-17(14-6-5-12(2)13(3)11-14)24-18(25)23-16-9-7-15(8-10-16)19(20,21)22/h5-11,17H,4H2,1-3H3,(H2,23,24,25). The van der Waals surface area contributed by atoms with Gasteiger partial charge in [0.2, 0.25) is 0 Å². The van der Waals surface area contributed by atoms with E-state index in [1.54, 1.807) is 0 Å². The van der Waals surface area contributed by atoms with Crippen LogP contribution in [0.2, 0.25) is 0 Å². The normalized spacial score (nSPS) is 12.6. The van der Waals surface area contributed by atoms with Crippen LogP contribution in [0, 0.1) is 13.8 Å². The fourth-order valence-corrected chi connectivity index (χ4v) is 2.73. The van der Waals surface area contributed by atoms with Gasteiger partial charge < -0.3 is 10.6 Å². The lowest BCUT2D eigenvalue weighted by molar-refractivity contribution is -0.137. The number of rotatable bonds is 4. The van der Waals surface area contributed by atoms with E-state index in [-0.39, 0.29) is 6.04 Å².